The molecule has 4 nitrogen and oxygen atoms in total. The van der Waals surface area contributed by atoms with Gasteiger partial charge in [-0.25, -0.2) is 0 Å². The van der Waals surface area contributed by atoms with E-state index in [2.05, 4.69) is 15.3 Å². The summed E-state index contributed by atoms with van der Waals surface area (Å²) in [5.41, 5.74) is 2.06. The molecule has 1 rings (SSSR count). The molecule has 0 fully saturated rings. The van der Waals surface area contributed by atoms with E-state index in [0.717, 1.165) is 6.21 Å². The summed E-state index contributed by atoms with van der Waals surface area (Å²) in [5, 5.41) is 3.22. The number of ether oxygens (including phenoxy) is 1. The van der Waals surface area contributed by atoms with Crippen molar-refractivity contribution in [2.24, 2.45) is 5.10 Å². The number of carbonyl (C=O) groups is 1. The molecular formula is C4H4F2N2O2. The fraction of sp³-hybridized carbons (Fsp3) is 0.500. The zero-order valence-electron chi connectivity index (χ0n) is 4.75. The average molecular weight is 150 g/mol. The molecule has 0 aromatic heterocycles. The van der Waals surface area contributed by atoms with Crippen molar-refractivity contribution in [2.45, 2.75) is 12.8 Å². The molecule has 6 heteroatoms. The predicted octanol–water partition coefficient (Wildman–Crippen LogP) is -0.290. The maximum Gasteiger partial charge on any atom is 0.347 e. The zero-order valence-corrected chi connectivity index (χ0v) is 4.75. The number of alkyl halides is 2. The fourth-order valence-electron chi connectivity index (χ4n) is 0.500. The summed E-state index contributed by atoms with van der Waals surface area (Å²) in [5.74, 6) is -0.597. The molecule has 0 aromatic carbocycles. The first-order chi connectivity index (χ1) is 4.70. The molecule has 1 atom stereocenters. The highest BCUT2D eigenvalue weighted by Gasteiger charge is 2.24. The van der Waals surface area contributed by atoms with Gasteiger partial charge < -0.3 is 0 Å². The number of hydrazone groups is 1. The van der Waals surface area contributed by atoms with Crippen LogP contribution in [0.15, 0.2) is 5.10 Å². The minimum atomic E-state index is -2.96. The van der Waals surface area contributed by atoms with Crippen LogP contribution >= 0.6 is 0 Å². The van der Waals surface area contributed by atoms with E-state index < -0.39 is 18.6 Å². The summed E-state index contributed by atoms with van der Waals surface area (Å²) in [4.78, 5) is 10.4. The maximum absolute atomic E-state index is 11.4. The molecule has 1 unspecified atom stereocenters. The topological polar surface area (TPSA) is 50.7 Å². The summed E-state index contributed by atoms with van der Waals surface area (Å²) >= 11 is 0. The Balaban J connectivity index is 2.37. The van der Waals surface area contributed by atoms with Crippen molar-refractivity contribution in [3.05, 3.63) is 0 Å². The molecule has 56 valence electrons. The second-order valence-corrected chi connectivity index (χ2v) is 1.57. The van der Waals surface area contributed by atoms with Gasteiger partial charge in [0.1, 0.15) is 0 Å². The molecule has 0 aliphatic carbocycles. The van der Waals surface area contributed by atoms with E-state index in [-0.39, 0.29) is 0 Å². The van der Waals surface area contributed by atoms with Crippen LogP contribution in [0.25, 0.3) is 0 Å². The smallest absolute Gasteiger partial charge is 0.290 e. The maximum atomic E-state index is 11.4. The van der Waals surface area contributed by atoms with Gasteiger partial charge in [0.2, 0.25) is 12.0 Å². The minimum Gasteiger partial charge on any atom is -0.290 e. The lowest BCUT2D eigenvalue weighted by molar-refractivity contribution is -0.173. The SMILES string of the molecule is O=C1C=NNC1OC(F)F. The van der Waals surface area contributed by atoms with Gasteiger partial charge in [-0.15, -0.1) is 0 Å². The summed E-state index contributed by atoms with van der Waals surface area (Å²) in [7, 11) is 0. The Kier molecular flexibility index (Phi) is 1.91. The Hall–Kier alpha value is -1.04. The third-order valence-corrected chi connectivity index (χ3v) is 0.881. The third kappa shape index (κ3) is 1.47. The lowest BCUT2D eigenvalue weighted by Crippen LogP contribution is -2.32. The fourth-order valence-corrected chi connectivity index (χ4v) is 0.500. The Morgan fingerprint density at radius 1 is 1.80 bits per heavy atom. The number of Topliss-reactive ketones (excluding diaryl/α,β-unsaturated/α-hetero) is 1. The van der Waals surface area contributed by atoms with Gasteiger partial charge in [-0.05, 0) is 0 Å². The summed E-state index contributed by atoms with van der Waals surface area (Å²) in [6.07, 6.45) is -0.410. The van der Waals surface area contributed by atoms with Gasteiger partial charge in [0, 0.05) is 0 Å². The first-order valence-corrected chi connectivity index (χ1v) is 2.46. The van der Waals surface area contributed by atoms with E-state index in [0.29, 0.717) is 0 Å². The second-order valence-electron chi connectivity index (χ2n) is 1.57. The molecule has 1 heterocycles. The minimum absolute atomic E-state index is 0.597. The lowest BCUT2D eigenvalue weighted by Gasteiger charge is -2.07. The Morgan fingerprint density at radius 2 is 2.50 bits per heavy atom. The van der Waals surface area contributed by atoms with E-state index in [1.165, 1.54) is 0 Å². The van der Waals surface area contributed by atoms with Crippen LogP contribution in [0.1, 0.15) is 0 Å². The monoisotopic (exact) mass is 150 g/mol. The third-order valence-electron chi connectivity index (χ3n) is 0.881. The lowest BCUT2D eigenvalue weighted by atomic mass is 10.4. The number of carbonyl (C=O) groups excluding carboxylic acids is 1. The molecule has 0 bridgehead atoms. The van der Waals surface area contributed by atoms with Gasteiger partial charge >= 0.3 is 6.61 Å². The van der Waals surface area contributed by atoms with Gasteiger partial charge in [0.25, 0.3) is 0 Å². The van der Waals surface area contributed by atoms with Crippen LogP contribution < -0.4 is 5.43 Å². The molecule has 0 saturated carbocycles. The molecule has 10 heavy (non-hydrogen) atoms. The van der Waals surface area contributed by atoms with Crippen LogP contribution in [0.3, 0.4) is 0 Å². The number of rotatable bonds is 2. The molecular weight excluding hydrogens is 146 g/mol. The van der Waals surface area contributed by atoms with Crippen LogP contribution in [0.2, 0.25) is 0 Å². The van der Waals surface area contributed by atoms with E-state index >= 15 is 0 Å². The second kappa shape index (κ2) is 2.70. The highest BCUT2D eigenvalue weighted by Crippen LogP contribution is 2.02. The predicted molar refractivity (Wildman–Crippen MR) is 27.5 cm³/mol. The number of hydrogen-bond donors (Lipinski definition) is 1. The molecule has 0 radical (unpaired) electrons. The van der Waals surface area contributed by atoms with Gasteiger partial charge in [-0.3, -0.25) is 15.0 Å². The number of nitrogens with one attached hydrogen (secondary N) is 1. The highest BCUT2D eigenvalue weighted by molar-refractivity contribution is 6.30. The summed E-state index contributed by atoms with van der Waals surface area (Å²) < 4.78 is 26.6. The van der Waals surface area contributed by atoms with Crippen molar-refractivity contribution >= 4 is 12.0 Å². The first-order valence-electron chi connectivity index (χ1n) is 2.46. The van der Waals surface area contributed by atoms with Crippen molar-refractivity contribution < 1.29 is 18.3 Å². The van der Waals surface area contributed by atoms with Crippen LogP contribution in [0, 0.1) is 0 Å². The normalized spacial score (nSPS) is 23.9. The Labute approximate surface area is 54.8 Å². The number of hydrogen-bond acceptors (Lipinski definition) is 4. The average Bonchev–Trinajstić information content (AvgIpc) is 2.15. The molecule has 0 aromatic rings. The van der Waals surface area contributed by atoms with E-state index in [1.807, 2.05) is 0 Å². The Bertz CT molecular complexity index is 171. The quantitative estimate of drug-likeness (QED) is 0.588. The summed E-state index contributed by atoms with van der Waals surface area (Å²) in [6, 6.07) is 0. The van der Waals surface area contributed by atoms with Gasteiger partial charge in [-0.1, -0.05) is 0 Å². The standard InChI is InChI=1S/C4H4F2N2O2/c5-4(6)10-3-2(9)1-7-8-3/h1,3-4,8H. The zero-order chi connectivity index (χ0) is 7.56. The van der Waals surface area contributed by atoms with Crippen LogP contribution in [0.5, 0.6) is 0 Å². The number of ketones is 1. The first kappa shape index (κ1) is 7.07. The summed E-state index contributed by atoms with van der Waals surface area (Å²) in [6.45, 7) is -2.96. The van der Waals surface area contributed by atoms with Gasteiger partial charge in [-0.2, -0.15) is 13.9 Å². The molecule has 0 saturated heterocycles. The molecule has 1 aliphatic rings. The van der Waals surface area contributed by atoms with Crippen molar-refractivity contribution in [1.29, 1.82) is 0 Å². The number of halogens is 2. The van der Waals surface area contributed by atoms with E-state index in [9.17, 15) is 13.6 Å². The van der Waals surface area contributed by atoms with Crippen molar-refractivity contribution in [3.63, 3.8) is 0 Å². The van der Waals surface area contributed by atoms with Crippen molar-refractivity contribution in [2.75, 3.05) is 0 Å². The highest BCUT2D eigenvalue weighted by atomic mass is 19.3. The van der Waals surface area contributed by atoms with Crippen molar-refractivity contribution in [1.82, 2.24) is 5.43 Å². The van der Waals surface area contributed by atoms with Crippen LogP contribution in [-0.2, 0) is 9.53 Å². The van der Waals surface area contributed by atoms with Gasteiger partial charge in [0.15, 0.2) is 0 Å². The van der Waals surface area contributed by atoms with Crippen molar-refractivity contribution in [3.8, 4) is 0 Å². The van der Waals surface area contributed by atoms with E-state index in [4.69, 9.17) is 0 Å². The van der Waals surface area contributed by atoms with Crippen LogP contribution in [0.4, 0.5) is 8.78 Å². The molecule has 1 aliphatic heterocycles. The molecule has 1 N–H and O–H groups in total. The molecule has 0 spiro atoms. The number of nitrogens with zero attached hydrogens (tertiary/aromatic N) is 1. The molecule has 0 amide bonds. The largest absolute Gasteiger partial charge is 0.347 e. The Morgan fingerprint density at radius 3 is 2.90 bits per heavy atom. The van der Waals surface area contributed by atoms with Gasteiger partial charge in [0.05, 0.1) is 6.21 Å². The van der Waals surface area contributed by atoms with Crippen LogP contribution in [-0.4, -0.2) is 24.8 Å². The van der Waals surface area contributed by atoms with E-state index in [1.54, 1.807) is 0 Å².